The van der Waals surface area contributed by atoms with Crippen LogP contribution in [0.2, 0.25) is 0 Å². The molecule has 1 N–H and O–H groups in total. The monoisotopic (exact) mass is 370 g/mol. The van der Waals surface area contributed by atoms with Crippen LogP contribution in [0.5, 0.6) is 0 Å². The first-order valence-corrected chi connectivity index (χ1v) is 8.91. The Labute approximate surface area is 156 Å². The van der Waals surface area contributed by atoms with E-state index in [1.807, 2.05) is 20.8 Å². The van der Waals surface area contributed by atoms with Crippen molar-refractivity contribution >= 4 is 16.9 Å². The third kappa shape index (κ3) is 3.79. The van der Waals surface area contributed by atoms with Gasteiger partial charge in [-0.2, -0.15) is 0 Å². The predicted octanol–water partition coefficient (Wildman–Crippen LogP) is 4.01. The molecule has 0 unspecified atom stereocenters. The zero-order valence-corrected chi connectivity index (χ0v) is 15.9. The fourth-order valence-electron chi connectivity index (χ4n) is 2.95. The highest BCUT2D eigenvalue weighted by Crippen LogP contribution is 2.23. The molecule has 0 fully saturated rings. The molecule has 5 nitrogen and oxygen atoms in total. The van der Waals surface area contributed by atoms with E-state index in [0.717, 1.165) is 6.42 Å². The van der Waals surface area contributed by atoms with E-state index >= 15 is 0 Å². The van der Waals surface area contributed by atoms with E-state index in [2.05, 4.69) is 5.32 Å². The van der Waals surface area contributed by atoms with Crippen molar-refractivity contribution < 1.29 is 13.6 Å². The first kappa shape index (κ1) is 18.9. The maximum absolute atomic E-state index is 13.4. The number of furan rings is 1. The van der Waals surface area contributed by atoms with Crippen LogP contribution in [-0.2, 0) is 6.54 Å². The van der Waals surface area contributed by atoms with Gasteiger partial charge in [-0.15, -0.1) is 0 Å². The van der Waals surface area contributed by atoms with Crippen molar-refractivity contribution in [2.24, 2.45) is 0 Å². The van der Waals surface area contributed by atoms with Crippen LogP contribution in [0.1, 0.15) is 48.9 Å². The molecule has 0 saturated carbocycles. The van der Waals surface area contributed by atoms with Crippen LogP contribution in [0.15, 0.2) is 45.7 Å². The Morgan fingerprint density at radius 2 is 2.04 bits per heavy atom. The number of carbonyl (C=O) groups excluding carboxylic acids is 1. The number of pyridine rings is 1. The average molecular weight is 370 g/mol. The lowest BCUT2D eigenvalue weighted by Crippen LogP contribution is -2.43. The summed E-state index contributed by atoms with van der Waals surface area (Å²) in [4.78, 5) is 25.8. The van der Waals surface area contributed by atoms with Gasteiger partial charge >= 0.3 is 0 Å². The molecule has 2 heterocycles. The van der Waals surface area contributed by atoms with E-state index in [-0.39, 0.29) is 34.8 Å². The third-order valence-electron chi connectivity index (χ3n) is 4.80. The number of nitrogens with zero attached hydrogens (tertiary/aromatic N) is 1. The number of fused-ring (bicyclic) bond motifs is 1. The van der Waals surface area contributed by atoms with E-state index in [4.69, 9.17) is 4.42 Å². The van der Waals surface area contributed by atoms with E-state index in [1.165, 1.54) is 16.7 Å². The lowest BCUT2D eigenvalue weighted by atomic mass is 10.0. The number of aromatic nitrogens is 1. The third-order valence-corrected chi connectivity index (χ3v) is 4.80. The van der Waals surface area contributed by atoms with Gasteiger partial charge in [0, 0.05) is 11.7 Å². The minimum absolute atomic E-state index is 0.207. The quantitative estimate of drug-likeness (QED) is 0.738. The van der Waals surface area contributed by atoms with Gasteiger partial charge in [-0.3, -0.25) is 9.59 Å². The van der Waals surface area contributed by atoms with Gasteiger partial charge in [0.2, 0.25) is 0 Å². The Kier molecular flexibility index (Phi) is 4.91. The molecule has 0 atom stereocenters. The Morgan fingerprint density at radius 3 is 2.70 bits per heavy atom. The fraction of sp³-hybridized carbons (Fsp3) is 0.333. The van der Waals surface area contributed by atoms with Crippen LogP contribution in [-0.4, -0.2) is 16.0 Å². The lowest BCUT2D eigenvalue weighted by molar-refractivity contribution is 0.0911. The molecule has 1 amide bonds. The zero-order valence-electron chi connectivity index (χ0n) is 15.9. The maximum atomic E-state index is 13.4. The predicted molar refractivity (Wildman–Crippen MR) is 103 cm³/mol. The Morgan fingerprint density at radius 1 is 1.30 bits per heavy atom. The molecule has 0 aliphatic carbocycles. The highest BCUT2D eigenvalue weighted by Gasteiger charge is 2.26. The molecule has 6 heteroatoms. The second-order valence-electron chi connectivity index (χ2n) is 7.34. The zero-order chi connectivity index (χ0) is 19.8. The molecular weight excluding hydrogens is 347 g/mol. The Hall–Kier alpha value is -2.89. The molecule has 1 aromatic carbocycles. The van der Waals surface area contributed by atoms with Gasteiger partial charge in [0.15, 0.2) is 0 Å². The van der Waals surface area contributed by atoms with Crippen LogP contribution in [0.25, 0.3) is 11.0 Å². The second-order valence-corrected chi connectivity index (χ2v) is 7.34. The van der Waals surface area contributed by atoms with Gasteiger partial charge in [-0.1, -0.05) is 19.1 Å². The van der Waals surface area contributed by atoms with Crippen LogP contribution < -0.4 is 10.9 Å². The summed E-state index contributed by atoms with van der Waals surface area (Å²) >= 11 is 0. The van der Waals surface area contributed by atoms with Crippen molar-refractivity contribution in [2.45, 2.75) is 46.2 Å². The van der Waals surface area contributed by atoms with Gasteiger partial charge in [0.25, 0.3) is 11.5 Å². The highest BCUT2D eigenvalue weighted by atomic mass is 19.1. The van der Waals surface area contributed by atoms with Gasteiger partial charge in [-0.25, -0.2) is 4.39 Å². The van der Waals surface area contributed by atoms with Crippen molar-refractivity contribution in [3.05, 3.63) is 69.6 Å². The maximum Gasteiger partial charge on any atom is 0.262 e. The Bertz CT molecular complexity index is 1060. The summed E-state index contributed by atoms with van der Waals surface area (Å²) in [5.41, 5.74) is 0.545. The topological polar surface area (TPSA) is 64.2 Å². The van der Waals surface area contributed by atoms with E-state index in [0.29, 0.717) is 16.9 Å². The number of aryl methyl sites for hydroxylation is 1. The molecule has 0 bridgehead atoms. The lowest BCUT2D eigenvalue weighted by Gasteiger charge is -2.24. The molecule has 0 saturated heterocycles. The van der Waals surface area contributed by atoms with Crippen LogP contribution >= 0.6 is 0 Å². The molecule has 0 aliphatic rings. The van der Waals surface area contributed by atoms with Crippen molar-refractivity contribution in [3.63, 3.8) is 0 Å². The summed E-state index contributed by atoms with van der Waals surface area (Å²) in [6.07, 6.45) is 2.34. The van der Waals surface area contributed by atoms with Gasteiger partial charge in [0.1, 0.15) is 17.2 Å². The molecule has 2 aromatic heterocycles. The van der Waals surface area contributed by atoms with Crippen LogP contribution in [0, 0.1) is 12.7 Å². The summed E-state index contributed by atoms with van der Waals surface area (Å²) in [6, 6.07) is 7.74. The molecule has 0 aliphatic heterocycles. The SMILES string of the molecule is CCC(C)(C)NC(=O)c1c(C)oc2ccn(Cc3cccc(F)c3)c(=O)c12. The summed E-state index contributed by atoms with van der Waals surface area (Å²) in [7, 11) is 0. The Balaban J connectivity index is 2.07. The van der Waals surface area contributed by atoms with Gasteiger partial charge in [0.05, 0.1) is 17.5 Å². The van der Waals surface area contributed by atoms with Crippen molar-refractivity contribution in [3.8, 4) is 0 Å². The highest BCUT2D eigenvalue weighted by molar-refractivity contribution is 6.07. The number of rotatable bonds is 5. The normalized spacial score (nSPS) is 11.7. The van der Waals surface area contributed by atoms with E-state index in [1.54, 1.807) is 31.3 Å². The molecule has 3 aromatic rings. The summed E-state index contributed by atoms with van der Waals surface area (Å²) < 4.78 is 20.5. The first-order valence-electron chi connectivity index (χ1n) is 8.91. The number of nitrogens with one attached hydrogen (secondary N) is 1. The van der Waals surface area contributed by atoms with Crippen molar-refractivity contribution in [1.29, 1.82) is 0 Å². The number of hydrogen-bond donors (Lipinski definition) is 1. The van der Waals surface area contributed by atoms with Crippen LogP contribution in [0.4, 0.5) is 4.39 Å². The average Bonchev–Trinajstić information content (AvgIpc) is 2.94. The van der Waals surface area contributed by atoms with Gasteiger partial charge < -0.3 is 14.3 Å². The molecule has 3 rings (SSSR count). The summed E-state index contributed by atoms with van der Waals surface area (Å²) in [5, 5.41) is 3.19. The summed E-state index contributed by atoms with van der Waals surface area (Å²) in [5.74, 6) is -0.295. The molecular formula is C21H23FN2O3. The molecule has 0 spiro atoms. The van der Waals surface area contributed by atoms with Crippen molar-refractivity contribution in [1.82, 2.24) is 9.88 Å². The molecule has 142 valence electrons. The number of carbonyl (C=O) groups is 1. The number of hydrogen-bond acceptors (Lipinski definition) is 3. The smallest absolute Gasteiger partial charge is 0.262 e. The van der Waals surface area contributed by atoms with E-state index in [9.17, 15) is 14.0 Å². The fourth-order valence-corrected chi connectivity index (χ4v) is 2.95. The minimum atomic E-state index is -0.400. The van der Waals surface area contributed by atoms with Crippen LogP contribution in [0.3, 0.4) is 0 Å². The number of amides is 1. The second kappa shape index (κ2) is 7.02. The van der Waals surface area contributed by atoms with Gasteiger partial charge in [-0.05, 0) is 51.0 Å². The number of benzene rings is 1. The number of halogens is 1. The first-order chi connectivity index (χ1) is 12.7. The van der Waals surface area contributed by atoms with E-state index < -0.39 is 5.54 Å². The summed E-state index contributed by atoms with van der Waals surface area (Å²) in [6.45, 7) is 7.70. The largest absolute Gasteiger partial charge is 0.460 e. The standard InChI is InChI=1S/C21H23FN2O3/c1-5-21(3,4)23-19(25)17-13(2)27-16-9-10-24(20(26)18(16)17)12-14-7-6-8-15(22)11-14/h6-11H,5,12H2,1-4H3,(H,23,25). The molecule has 27 heavy (non-hydrogen) atoms. The van der Waals surface area contributed by atoms with Crippen molar-refractivity contribution in [2.75, 3.05) is 0 Å². The molecule has 0 radical (unpaired) electrons. The minimum Gasteiger partial charge on any atom is -0.460 e.